The molecule has 0 saturated carbocycles. The first-order valence-corrected chi connectivity index (χ1v) is 7.15. The third-order valence-corrected chi connectivity index (χ3v) is 3.26. The molecule has 0 amide bonds. The molecule has 1 N–H and O–H groups in total. The fourth-order valence-electron chi connectivity index (χ4n) is 2.28. The molecule has 0 saturated heterocycles. The third kappa shape index (κ3) is 2.72. The maximum atomic E-state index is 11.1. The van der Waals surface area contributed by atoms with Gasteiger partial charge in [-0.15, -0.1) is 0 Å². The van der Waals surface area contributed by atoms with Crippen molar-refractivity contribution in [3.8, 4) is 11.9 Å². The van der Waals surface area contributed by atoms with Crippen LogP contribution in [0.4, 0.5) is 11.4 Å². The lowest BCUT2D eigenvalue weighted by atomic mass is 10.2. The lowest BCUT2D eigenvalue weighted by Crippen LogP contribution is -2.12. The maximum absolute atomic E-state index is 11.1. The van der Waals surface area contributed by atoms with E-state index in [1.807, 2.05) is 19.9 Å². The van der Waals surface area contributed by atoms with Crippen LogP contribution in [0.1, 0.15) is 19.4 Å². The van der Waals surface area contributed by atoms with Crippen LogP contribution < -0.4 is 5.32 Å². The molecule has 0 unspecified atom stereocenters. The summed E-state index contributed by atoms with van der Waals surface area (Å²) < 4.78 is 1.48. The summed E-state index contributed by atoms with van der Waals surface area (Å²) in [5, 5.41) is 28.0. The van der Waals surface area contributed by atoms with Crippen LogP contribution >= 0.6 is 0 Å². The summed E-state index contributed by atoms with van der Waals surface area (Å²) in [6, 6.07) is 5.27. The van der Waals surface area contributed by atoms with Crippen LogP contribution in [-0.4, -0.2) is 30.7 Å². The molecule has 120 valence electrons. The smallest absolute Gasteiger partial charge is 0.310 e. The highest BCUT2D eigenvalue weighted by Crippen LogP contribution is 2.27. The lowest BCUT2D eigenvalue weighted by Gasteiger charge is -2.11. The van der Waals surface area contributed by atoms with E-state index in [4.69, 9.17) is 5.26 Å². The molecule has 0 spiro atoms. The minimum atomic E-state index is -0.486. The summed E-state index contributed by atoms with van der Waals surface area (Å²) in [6.45, 7) is 3.77. The Morgan fingerprint density at radius 3 is 2.75 bits per heavy atom. The number of hydrogen-bond donors (Lipinski definition) is 1. The highest BCUT2D eigenvalue weighted by molar-refractivity contribution is 5.77. The molecule has 0 fully saturated rings. The van der Waals surface area contributed by atoms with Crippen LogP contribution in [0.5, 0.6) is 0 Å². The van der Waals surface area contributed by atoms with E-state index in [-0.39, 0.29) is 11.7 Å². The van der Waals surface area contributed by atoms with E-state index in [0.29, 0.717) is 28.1 Å². The Kier molecular flexibility index (Phi) is 3.79. The zero-order chi connectivity index (χ0) is 17.3. The Morgan fingerprint density at radius 2 is 2.08 bits per heavy atom. The van der Waals surface area contributed by atoms with Crippen LogP contribution in [0.15, 0.2) is 30.7 Å². The van der Waals surface area contributed by atoms with Gasteiger partial charge in [0.25, 0.3) is 0 Å². The number of nitriles is 1. The van der Waals surface area contributed by atoms with Crippen molar-refractivity contribution in [2.45, 2.75) is 19.9 Å². The van der Waals surface area contributed by atoms with E-state index in [9.17, 15) is 10.1 Å². The van der Waals surface area contributed by atoms with Crippen molar-refractivity contribution < 1.29 is 4.92 Å². The van der Waals surface area contributed by atoms with Gasteiger partial charge in [-0.2, -0.15) is 15.0 Å². The van der Waals surface area contributed by atoms with E-state index < -0.39 is 4.92 Å². The molecule has 3 heterocycles. The van der Waals surface area contributed by atoms with Gasteiger partial charge in [-0.25, -0.2) is 9.97 Å². The number of nitro groups is 1. The van der Waals surface area contributed by atoms with Crippen molar-refractivity contribution in [1.29, 1.82) is 5.26 Å². The molecule has 0 aliphatic rings. The molecule has 9 heteroatoms. The van der Waals surface area contributed by atoms with Crippen molar-refractivity contribution in [2.24, 2.45) is 0 Å². The second kappa shape index (κ2) is 5.92. The van der Waals surface area contributed by atoms with Crippen molar-refractivity contribution in [2.75, 3.05) is 5.32 Å². The molecule has 0 bridgehead atoms. The van der Waals surface area contributed by atoms with Gasteiger partial charge in [0.1, 0.15) is 18.0 Å². The molecule has 0 aliphatic heterocycles. The fourth-order valence-corrected chi connectivity index (χ4v) is 2.28. The molecule has 24 heavy (non-hydrogen) atoms. The molecular formula is C15H13N7O2. The second-order valence-corrected chi connectivity index (χ2v) is 5.42. The van der Waals surface area contributed by atoms with Gasteiger partial charge in [0.15, 0.2) is 11.5 Å². The normalized spacial score (nSPS) is 10.8. The van der Waals surface area contributed by atoms with Gasteiger partial charge in [0.2, 0.25) is 0 Å². The quantitative estimate of drug-likeness (QED) is 0.577. The zero-order valence-electron chi connectivity index (χ0n) is 13.0. The number of nitrogens with zero attached hydrogens (tertiary/aromatic N) is 6. The number of rotatable bonds is 4. The molecule has 3 aromatic rings. The van der Waals surface area contributed by atoms with Crippen LogP contribution in [0, 0.1) is 21.4 Å². The average Bonchev–Trinajstić information content (AvgIpc) is 2.96. The highest BCUT2D eigenvalue weighted by atomic mass is 16.6. The highest BCUT2D eigenvalue weighted by Gasteiger charge is 2.18. The zero-order valence-corrected chi connectivity index (χ0v) is 13.0. The molecule has 3 aromatic heterocycles. The number of nitrogens with one attached hydrogen (secondary N) is 1. The van der Waals surface area contributed by atoms with Crippen molar-refractivity contribution in [1.82, 2.24) is 19.7 Å². The molecular weight excluding hydrogens is 310 g/mol. The Labute approximate surface area is 136 Å². The number of aromatic nitrogens is 4. The maximum Gasteiger partial charge on any atom is 0.310 e. The SMILES string of the molecule is CC(C)Nc1cc(-n2ncc3cc(C#N)cnc32)ncc1[N+](=O)[O-]. The van der Waals surface area contributed by atoms with Crippen LogP contribution in [0.2, 0.25) is 0 Å². The topological polar surface area (TPSA) is 123 Å². The Hall–Kier alpha value is -3.54. The fraction of sp³-hybridized carbons (Fsp3) is 0.200. The van der Waals surface area contributed by atoms with Gasteiger partial charge in [0, 0.05) is 23.7 Å². The van der Waals surface area contributed by atoms with E-state index in [0.717, 1.165) is 0 Å². The van der Waals surface area contributed by atoms with Gasteiger partial charge >= 0.3 is 5.69 Å². The monoisotopic (exact) mass is 323 g/mol. The Bertz CT molecular complexity index is 972. The first kappa shape index (κ1) is 15.4. The van der Waals surface area contributed by atoms with E-state index in [2.05, 4.69) is 20.4 Å². The molecule has 0 aromatic carbocycles. The molecule has 0 radical (unpaired) electrons. The summed E-state index contributed by atoms with van der Waals surface area (Å²) in [5.41, 5.74) is 1.20. The van der Waals surface area contributed by atoms with E-state index in [1.54, 1.807) is 18.3 Å². The first-order valence-electron chi connectivity index (χ1n) is 7.15. The summed E-state index contributed by atoms with van der Waals surface area (Å²) in [5.74, 6) is 0.399. The molecule has 3 rings (SSSR count). The lowest BCUT2D eigenvalue weighted by molar-refractivity contribution is -0.384. The summed E-state index contributed by atoms with van der Waals surface area (Å²) >= 11 is 0. The predicted molar refractivity (Wildman–Crippen MR) is 86.8 cm³/mol. The minimum absolute atomic E-state index is 0.0182. The number of anilines is 1. The van der Waals surface area contributed by atoms with Crippen molar-refractivity contribution in [3.05, 3.63) is 46.4 Å². The average molecular weight is 323 g/mol. The molecule has 9 nitrogen and oxygen atoms in total. The van der Waals surface area contributed by atoms with Gasteiger partial charge in [-0.3, -0.25) is 10.1 Å². The van der Waals surface area contributed by atoms with Crippen molar-refractivity contribution >= 4 is 22.4 Å². The van der Waals surface area contributed by atoms with Crippen LogP contribution in [-0.2, 0) is 0 Å². The van der Waals surface area contributed by atoms with Crippen LogP contribution in [0.3, 0.4) is 0 Å². The van der Waals surface area contributed by atoms with Gasteiger partial charge in [-0.05, 0) is 19.9 Å². The van der Waals surface area contributed by atoms with Gasteiger partial charge in [0.05, 0.1) is 16.7 Å². The molecule has 0 atom stereocenters. The third-order valence-electron chi connectivity index (χ3n) is 3.26. The largest absolute Gasteiger partial charge is 0.377 e. The number of fused-ring (bicyclic) bond motifs is 1. The van der Waals surface area contributed by atoms with Crippen LogP contribution in [0.25, 0.3) is 16.9 Å². The first-order chi connectivity index (χ1) is 11.5. The van der Waals surface area contributed by atoms with E-state index in [1.165, 1.54) is 17.1 Å². The second-order valence-electron chi connectivity index (χ2n) is 5.42. The van der Waals surface area contributed by atoms with Crippen molar-refractivity contribution in [3.63, 3.8) is 0 Å². The summed E-state index contributed by atoms with van der Waals surface area (Å²) in [4.78, 5) is 19.0. The predicted octanol–water partition coefficient (Wildman–Crippen LogP) is 2.42. The van der Waals surface area contributed by atoms with E-state index >= 15 is 0 Å². The number of pyridine rings is 2. The minimum Gasteiger partial charge on any atom is -0.377 e. The summed E-state index contributed by atoms with van der Waals surface area (Å²) in [7, 11) is 0. The summed E-state index contributed by atoms with van der Waals surface area (Å²) in [6.07, 6.45) is 4.21. The Balaban J connectivity index is 2.13. The number of hydrogen-bond acceptors (Lipinski definition) is 7. The Morgan fingerprint density at radius 1 is 1.29 bits per heavy atom. The molecule has 0 aliphatic carbocycles. The van der Waals surface area contributed by atoms with Gasteiger partial charge < -0.3 is 5.32 Å². The standard InChI is InChI=1S/C15H13N7O2/c1-9(2)20-12-4-14(17-8-13(12)22(23)24)21-15-11(7-19-21)3-10(5-16)6-18-15/h3-4,6-9H,1-2H3,(H,17,20). The van der Waals surface area contributed by atoms with Gasteiger partial charge in [-0.1, -0.05) is 0 Å².